The van der Waals surface area contributed by atoms with Crippen LogP contribution in [0.5, 0.6) is 0 Å². The van der Waals surface area contributed by atoms with Gasteiger partial charge in [0.15, 0.2) is 17.3 Å². The molecule has 1 fully saturated rings. The molecule has 2 aromatic carbocycles. The Morgan fingerprint density at radius 1 is 1.03 bits per heavy atom. The summed E-state index contributed by atoms with van der Waals surface area (Å²) in [6.07, 6.45) is 1.70. The molecule has 1 saturated heterocycles. The molecule has 0 spiro atoms. The number of imidazole rings is 1. The van der Waals surface area contributed by atoms with Crippen molar-refractivity contribution in [2.24, 2.45) is 0 Å². The van der Waals surface area contributed by atoms with Gasteiger partial charge in [-0.3, -0.25) is 0 Å². The van der Waals surface area contributed by atoms with Gasteiger partial charge in [0.05, 0.1) is 17.2 Å². The summed E-state index contributed by atoms with van der Waals surface area (Å²) >= 11 is 0. The molecule has 0 amide bonds. The number of hydrogen-bond acceptors (Lipinski definition) is 6. The zero-order valence-electron chi connectivity index (χ0n) is 16.6. The third-order valence-corrected chi connectivity index (χ3v) is 5.43. The van der Waals surface area contributed by atoms with Crippen molar-refractivity contribution >= 4 is 28.4 Å². The van der Waals surface area contributed by atoms with E-state index in [4.69, 9.17) is 10.7 Å². The zero-order chi connectivity index (χ0) is 20.7. The van der Waals surface area contributed by atoms with E-state index in [0.29, 0.717) is 17.3 Å². The normalized spacial score (nSPS) is 14.5. The van der Waals surface area contributed by atoms with E-state index in [1.165, 1.54) is 6.07 Å². The molecule has 1 aliphatic rings. The molecule has 3 heterocycles. The van der Waals surface area contributed by atoms with Crippen LogP contribution in [0.15, 0.2) is 48.7 Å². The summed E-state index contributed by atoms with van der Waals surface area (Å²) < 4.78 is 13.5. The number of nitrogens with two attached hydrogens (primary N) is 1. The fraction of sp³-hybridized carbons (Fsp3) is 0.227. The van der Waals surface area contributed by atoms with Crippen molar-refractivity contribution in [1.29, 1.82) is 0 Å². The molecule has 1 aliphatic heterocycles. The summed E-state index contributed by atoms with van der Waals surface area (Å²) in [5, 5.41) is 0. The number of fused-ring (bicyclic) bond motifs is 1. The summed E-state index contributed by atoms with van der Waals surface area (Å²) in [6, 6.07) is 12.8. The Labute approximate surface area is 177 Å². The fourth-order valence-electron chi connectivity index (χ4n) is 3.82. The Morgan fingerprint density at radius 3 is 2.63 bits per heavy atom. The highest BCUT2D eigenvalue weighted by Crippen LogP contribution is 2.26. The van der Waals surface area contributed by atoms with Gasteiger partial charge in [-0.1, -0.05) is 12.1 Å². The average molecular weight is 410 g/mol. The number of H-pyrrole nitrogens is 1. The summed E-state index contributed by atoms with van der Waals surface area (Å²) in [7, 11) is 0. The molecule has 0 bridgehead atoms. The van der Waals surface area contributed by atoms with Crippen LogP contribution in [-0.2, 0) is 0 Å². The first kappa shape index (κ1) is 18.4. The van der Waals surface area contributed by atoms with Gasteiger partial charge in [0.2, 0.25) is 0 Å². The maximum Gasteiger partial charge on any atom is 0.161 e. The number of halogens is 1. The van der Waals surface area contributed by atoms with Crippen LogP contribution in [0.1, 0.15) is 9.84 Å². The molecule has 4 aromatic rings. The van der Waals surface area contributed by atoms with E-state index in [2.05, 4.69) is 24.8 Å². The fourth-order valence-corrected chi connectivity index (χ4v) is 3.82. The average Bonchev–Trinajstić information content (AvgIpc) is 3.17. The minimum absolute atomic E-state index is 0. The summed E-state index contributed by atoms with van der Waals surface area (Å²) in [4.78, 5) is 21.4. The zero-order valence-corrected chi connectivity index (χ0v) is 16.6. The smallest absolute Gasteiger partial charge is 0.161 e. The van der Waals surface area contributed by atoms with E-state index in [-0.39, 0.29) is 10.1 Å². The quantitative estimate of drug-likeness (QED) is 0.529. The van der Waals surface area contributed by atoms with Gasteiger partial charge in [0.25, 0.3) is 0 Å². The molecule has 2 aromatic heterocycles. The first-order valence-corrected chi connectivity index (χ1v) is 9.91. The number of piperazine rings is 1. The molecule has 158 valence electrons. The Balaban J connectivity index is 0.00000128. The minimum atomic E-state index is -0.218. The number of nitrogens with one attached hydrogen (secondary N) is 1. The van der Waals surface area contributed by atoms with E-state index >= 15 is 0 Å². The van der Waals surface area contributed by atoms with Gasteiger partial charge in [-0.25, -0.2) is 19.3 Å². The first-order chi connectivity index (χ1) is 14.6. The number of aromatic nitrogens is 4. The van der Waals surface area contributed by atoms with Crippen LogP contribution in [0.3, 0.4) is 0 Å². The van der Waals surface area contributed by atoms with Crippen molar-refractivity contribution < 1.29 is 8.67 Å². The molecule has 0 unspecified atom stereocenters. The van der Waals surface area contributed by atoms with Crippen molar-refractivity contribution in [3.8, 4) is 11.5 Å². The molecule has 3 N–H and O–H groups in total. The van der Waals surface area contributed by atoms with Gasteiger partial charge in [-0.15, -0.1) is 0 Å². The second kappa shape index (κ2) is 7.29. The second-order valence-electron chi connectivity index (χ2n) is 7.52. The number of benzene rings is 2. The molecule has 0 aliphatic carbocycles. The number of anilines is 3. The van der Waals surface area contributed by atoms with Crippen LogP contribution in [0.25, 0.3) is 22.6 Å². The molecular formula is C22H28FN7. The first-order valence-electron chi connectivity index (χ1n) is 9.91. The number of nitrogens with zero attached hydrogens (tertiary/aromatic N) is 5. The lowest BCUT2D eigenvalue weighted by Crippen LogP contribution is -2.47. The summed E-state index contributed by atoms with van der Waals surface area (Å²) in [5.41, 5.74) is 10.5. The molecule has 7 nitrogen and oxygen atoms in total. The maximum atomic E-state index is 13.5. The van der Waals surface area contributed by atoms with Gasteiger partial charge in [-0.05, 0) is 42.8 Å². The van der Waals surface area contributed by atoms with Gasteiger partial charge in [0, 0.05) is 36.1 Å². The topological polar surface area (TPSA) is 87.0 Å². The third kappa shape index (κ3) is 3.41. The van der Waals surface area contributed by atoms with Crippen molar-refractivity contribution in [2.45, 2.75) is 6.92 Å². The van der Waals surface area contributed by atoms with Gasteiger partial charge < -0.3 is 20.5 Å². The second-order valence-corrected chi connectivity index (χ2v) is 7.52. The van der Waals surface area contributed by atoms with Crippen LogP contribution in [0.2, 0.25) is 0 Å². The summed E-state index contributed by atoms with van der Waals surface area (Å²) in [5.74, 6) is 1.49. The lowest BCUT2D eigenvalue weighted by Gasteiger charge is -2.36. The predicted molar refractivity (Wildman–Crippen MR) is 123 cm³/mol. The Hall–Kier alpha value is -3.68. The number of aryl methyl sites for hydroxylation is 1. The van der Waals surface area contributed by atoms with Gasteiger partial charge >= 0.3 is 0 Å². The standard InChI is InChI=1S/C22H22FN7.3H2/c1-14-5-6-17-18(11-14)27-22(26-17)20-21(24)25-13-19(28-20)30-9-7-29(8-10-30)16-4-2-3-15(23)12-16;;;/h2-6,11-13H,7-10H2,1H3,(H2,24,25)(H,26,27);3*1H. The van der Waals surface area contributed by atoms with Crippen molar-refractivity contribution in [3.63, 3.8) is 0 Å². The minimum Gasteiger partial charge on any atom is -0.382 e. The largest absolute Gasteiger partial charge is 0.382 e. The van der Waals surface area contributed by atoms with Crippen LogP contribution in [0.4, 0.5) is 21.7 Å². The maximum absolute atomic E-state index is 13.5. The SMILES string of the molecule is Cc1ccc2nc(-c3nc(N4CCN(c5cccc(F)c5)CC4)cnc3N)[nH]c2c1.[HH].[HH].[HH]. The predicted octanol–water partition coefficient (Wildman–Crippen LogP) is 4.11. The van der Waals surface area contributed by atoms with Crippen LogP contribution in [0, 0.1) is 12.7 Å². The van der Waals surface area contributed by atoms with E-state index in [0.717, 1.165) is 54.3 Å². The number of aromatic amines is 1. The van der Waals surface area contributed by atoms with E-state index < -0.39 is 0 Å². The number of hydrogen-bond donors (Lipinski definition) is 2. The van der Waals surface area contributed by atoms with Crippen LogP contribution >= 0.6 is 0 Å². The van der Waals surface area contributed by atoms with E-state index in [9.17, 15) is 4.39 Å². The molecule has 30 heavy (non-hydrogen) atoms. The Kier molecular flexibility index (Phi) is 4.46. The molecule has 0 saturated carbocycles. The monoisotopic (exact) mass is 409 g/mol. The van der Waals surface area contributed by atoms with Crippen molar-refractivity contribution in [3.05, 3.63) is 60.0 Å². The molecule has 8 heteroatoms. The number of rotatable bonds is 3. The molecule has 5 rings (SSSR count). The molecule has 0 atom stereocenters. The Morgan fingerprint density at radius 2 is 1.83 bits per heavy atom. The molecule has 0 radical (unpaired) electrons. The van der Waals surface area contributed by atoms with E-state index in [1.54, 1.807) is 18.3 Å². The lowest BCUT2D eigenvalue weighted by molar-refractivity contribution is 0.619. The van der Waals surface area contributed by atoms with Gasteiger partial charge in [-0.2, -0.15) is 0 Å². The highest BCUT2D eigenvalue weighted by Gasteiger charge is 2.21. The highest BCUT2D eigenvalue weighted by molar-refractivity contribution is 5.81. The van der Waals surface area contributed by atoms with Crippen molar-refractivity contribution in [2.75, 3.05) is 41.7 Å². The number of nitrogen functional groups attached to an aromatic ring is 1. The highest BCUT2D eigenvalue weighted by atomic mass is 19.1. The third-order valence-electron chi connectivity index (χ3n) is 5.43. The van der Waals surface area contributed by atoms with Crippen LogP contribution in [-0.4, -0.2) is 46.1 Å². The van der Waals surface area contributed by atoms with Crippen molar-refractivity contribution in [1.82, 2.24) is 19.9 Å². The Bertz CT molecular complexity index is 1230. The lowest BCUT2D eigenvalue weighted by atomic mass is 10.2. The van der Waals surface area contributed by atoms with E-state index in [1.807, 2.05) is 31.2 Å². The molecular weight excluding hydrogens is 381 g/mol. The summed E-state index contributed by atoms with van der Waals surface area (Å²) in [6.45, 7) is 5.10. The van der Waals surface area contributed by atoms with Crippen LogP contribution < -0.4 is 15.5 Å². The van der Waals surface area contributed by atoms with Gasteiger partial charge in [0.1, 0.15) is 11.6 Å².